The van der Waals surface area contributed by atoms with Crippen molar-refractivity contribution < 1.29 is 19.0 Å². The van der Waals surface area contributed by atoms with Crippen molar-refractivity contribution in [3.05, 3.63) is 89.0 Å². The predicted octanol–water partition coefficient (Wildman–Crippen LogP) is 4.36. The average Bonchev–Trinajstić information content (AvgIpc) is 3.14. The Bertz CT molecular complexity index is 1500. The Labute approximate surface area is 221 Å². The van der Waals surface area contributed by atoms with Gasteiger partial charge in [0.15, 0.2) is 4.80 Å². The number of carbonyl (C=O) groups is 1. The highest BCUT2D eigenvalue weighted by Crippen LogP contribution is 2.32. The Hall–Kier alpha value is -3.17. The number of hydrogen-bond donors (Lipinski definition) is 0. The number of ether oxygens (including phenoxy) is 3. The zero-order valence-corrected chi connectivity index (χ0v) is 23.1. The van der Waals surface area contributed by atoms with Gasteiger partial charge in [-0.05, 0) is 69.7 Å². The van der Waals surface area contributed by atoms with Gasteiger partial charge < -0.3 is 14.2 Å². The number of fused-ring (bicyclic) bond motifs is 1. The van der Waals surface area contributed by atoms with Gasteiger partial charge in [-0.15, -0.1) is 0 Å². The van der Waals surface area contributed by atoms with Gasteiger partial charge in [0.05, 0.1) is 41.7 Å². The third-order valence-electron chi connectivity index (χ3n) is 5.57. The molecular formula is C27H27BrN2O5S. The van der Waals surface area contributed by atoms with Gasteiger partial charge in [0.25, 0.3) is 5.56 Å². The summed E-state index contributed by atoms with van der Waals surface area (Å²) in [6.45, 7) is 7.64. The second kappa shape index (κ2) is 10.8. The number of allylic oxidation sites excluding steroid dienone is 1. The van der Waals surface area contributed by atoms with E-state index in [1.807, 2.05) is 44.2 Å². The number of carbonyl (C=O) groups excluding carboxylic acids is 1. The van der Waals surface area contributed by atoms with Crippen molar-refractivity contribution >= 4 is 39.3 Å². The molecule has 3 aromatic rings. The first kappa shape index (κ1) is 25.9. The normalized spacial score (nSPS) is 15.5. The van der Waals surface area contributed by atoms with Crippen molar-refractivity contribution in [2.45, 2.75) is 39.8 Å². The fourth-order valence-corrected chi connectivity index (χ4v) is 5.44. The second-order valence-corrected chi connectivity index (χ2v) is 10.3. The highest BCUT2D eigenvalue weighted by atomic mass is 79.9. The summed E-state index contributed by atoms with van der Waals surface area (Å²) in [5.41, 5.74) is 2.14. The quantitative estimate of drug-likeness (QED) is 0.394. The first-order valence-electron chi connectivity index (χ1n) is 11.5. The molecule has 9 heteroatoms. The third-order valence-corrected chi connectivity index (χ3v) is 7.05. The molecular weight excluding hydrogens is 544 g/mol. The number of rotatable bonds is 7. The summed E-state index contributed by atoms with van der Waals surface area (Å²) in [4.78, 5) is 32.0. The molecule has 0 unspecified atom stereocenters. The van der Waals surface area contributed by atoms with E-state index in [0.29, 0.717) is 32.1 Å². The molecule has 0 radical (unpaired) electrons. The number of esters is 1. The molecule has 36 heavy (non-hydrogen) atoms. The zero-order chi connectivity index (χ0) is 26.0. The van der Waals surface area contributed by atoms with Crippen molar-refractivity contribution in [2.24, 2.45) is 4.99 Å². The van der Waals surface area contributed by atoms with Gasteiger partial charge in [0.2, 0.25) is 0 Å². The van der Waals surface area contributed by atoms with Crippen LogP contribution in [0.3, 0.4) is 0 Å². The fraction of sp³-hybridized carbons (Fsp3) is 0.296. The van der Waals surface area contributed by atoms with Gasteiger partial charge in [-0.25, -0.2) is 9.79 Å². The summed E-state index contributed by atoms with van der Waals surface area (Å²) in [6.07, 6.45) is 1.78. The van der Waals surface area contributed by atoms with Crippen molar-refractivity contribution in [1.82, 2.24) is 4.57 Å². The van der Waals surface area contributed by atoms with Crippen LogP contribution in [0.25, 0.3) is 6.08 Å². The summed E-state index contributed by atoms with van der Waals surface area (Å²) in [7, 11) is 1.59. The highest BCUT2D eigenvalue weighted by molar-refractivity contribution is 9.10. The summed E-state index contributed by atoms with van der Waals surface area (Å²) in [6, 6.07) is 12.3. The Kier molecular flexibility index (Phi) is 7.80. The van der Waals surface area contributed by atoms with Crippen LogP contribution >= 0.6 is 27.3 Å². The van der Waals surface area contributed by atoms with Gasteiger partial charge in [-0.3, -0.25) is 9.36 Å². The lowest BCUT2D eigenvalue weighted by atomic mass is 9.96. The van der Waals surface area contributed by atoms with Crippen molar-refractivity contribution in [3.63, 3.8) is 0 Å². The molecule has 188 valence electrons. The molecule has 4 rings (SSSR count). The molecule has 0 bridgehead atoms. The second-order valence-electron chi connectivity index (χ2n) is 8.42. The van der Waals surface area contributed by atoms with Crippen LogP contribution in [-0.4, -0.2) is 30.4 Å². The average molecular weight is 571 g/mol. The first-order valence-corrected chi connectivity index (χ1v) is 13.1. The standard InChI is InChI=1S/C27H27BrN2O5S/c1-6-34-26(32)23-16(4)29-27-30(24(23)17-7-10-20(33-5)11-8-17)25(31)22(36-27)14-18-13-19(28)9-12-21(18)35-15(2)3/h7-15,24H,6H2,1-5H3/b22-14+/t24-/m1/s1. The zero-order valence-electron chi connectivity index (χ0n) is 20.7. The highest BCUT2D eigenvalue weighted by Gasteiger charge is 2.33. The maximum Gasteiger partial charge on any atom is 0.338 e. The monoisotopic (exact) mass is 570 g/mol. The van der Waals surface area contributed by atoms with E-state index in [9.17, 15) is 9.59 Å². The van der Waals surface area contributed by atoms with Crippen LogP contribution in [0.1, 0.15) is 44.9 Å². The summed E-state index contributed by atoms with van der Waals surface area (Å²) in [5, 5.41) is 0. The van der Waals surface area contributed by atoms with Gasteiger partial charge in [0, 0.05) is 10.0 Å². The van der Waals surface area contributed by atoms with Gasteiger partial charge in [-0.1, -0.05) is 39.4 Å². The Morgan fingerprint density at radius 2 is 1.94 bits per heavy atom. The van der Waals surface area contributed by atoms with E-state index in [0.717, 1.165) is 15.6 Å². The number of aromatic nitrogens is 1. The number of hydrogen-bond acceptors (Lipinski definition) is 7. The van der Waals surface area contributed by atoms with E-state index >= 15 is 0 Å². The molecule has 0 saturated heterocycles. The van der Waals surface area contributed by atoms with E-state index in [4.69, 9.17) is 14.2 Å². The molecule has 1 aliphatic rings. The van der Waals surface area contributed by atoms with E-state index in [1.165, 1.54) is 11.3 Å². The third kappa shape index (κ3) is 5.17. The van der Waals surface area contributed by atoms with E-state index in [2.05, 4.69) is 20.9 Å². The molecule has 2 heterocycles. The van der Waals surface area contributed by atoms with Gasteiger partial charge >= 0.3 is 5.97 Å². The number of thiazole rings is 1. The largest absolute Gasteiger partial charge is 0.497 e. The van der Waals surface area contributed by atoms with Crippen LogP contribution in [0.4, 0.5) is 0 Å². The molecule has 7 nitrogen and oxygen atoms in total. The Morgan fingerprint density at radius 1 is 1.22 bits per heavy atom. The molecule has 0 amide bonds. The molecule has 0 fully saturated rings. The molecule has 0 saturated carbocycles. The predicted molar refractivity (Wildman–Crippen MR) is 143 cm³/mol. The van der Waals surface area contributed by atoms with E-state index < -0.39 is 12.0 Å². The molecule has 1 atom stereocenters. The smallest absolute Gasteiger partial charge is 0.338 e. The SMILES string of the molecule is CCOC(=O)C1=C(C)N=c2s/c(=C/c3cc(Br)ccc3OC(C)C)c(=O)n2[C@@H]1c1ccc(OC)cc1. The van der Waals surface area contributed by atoms with E-state index in [1.54, 1.807) is 43.7 Å². The molecule has 2 aromatic carbocycles. The van der Waals surface area contributed by atoms with Crippen LogP contribution < -0.4 is 24.4 Å². The minimum Gasteiger partial charge on any atom is -0.497 e. The van der Waals surface area contributed by atoms with Gasteiger partial charge in [0.1, 0.15) is 11.5 Å². The first-order chi connectivity index (χ1) is 17.2. The number of methoxy groups -OCH3 is 1. The number of nitrogens with zero attached hydrogens (tertiary/aromatic N) is 2. The number of benzene rings is 2. The summed E-state index contributed by atoms with van der Waals surface area (Å²) in [5.74, 6) is 0.861. The Morgan fingerprint density at radius 3 is 2.58 bits per heavy atom. The van der Waals surface area contributed by atoms with Crippen LogP contribution in [0.15, 0.2) is 68.0 Å². The molecule has 1 aliphatic heterocycles. The van der Waals surface area contributed by atoms with Crippen LogP contribution in [0.5, 0.6) is 11.5 Å². The number of halogens is 1. The van der Waals surface area contributed by atoms with Crippen molar-refractivity contribution in [1.29, 1.82) is 0 Å². The van der Waals surface area contributed by atoms with Crippen LogP contribution in [-0.2, 0) is 9.53 Å². The lowest BCUT2D eigenvalue weighted by Gasteiger charge is -2.24. The van der Waals surface area contributed by atoms with Crippen LogP contribution in [0.2, 0.25) is 0 Å². The lowest BCUT2D eigenvalue weighted by molar-refractivity contribution is -0.139. The molecule has 0 spiro atoms. The summed E-state index contributed by atoms with van der Waals surface area (Å²) < 4.78 is 19.5. The maximum absolute atomic E-state index is 13.8. The topological polar surface area (TPSA) is 79.1 Å². The Balaban J connectivity index is 1.94. The molecule has 0 N–H and O–H groups in total. The van der Waals surface area contributed by atoms with Crippen molar-refractivity contribution in [2.75, 3.05) is 13.7 Å². The fourth-order valence-electron chi connectivity index (χ4n) is 4.03. The lowest BCUT2D eigenvalue weighted by Crippen LogP contribution is -2.39. The van der Waals surface area contributed by atoms with Gasteiger partial charge in [-0.2, -0.15) is 0 Å². The van der Waals surface area contributed by atoms with Crippen molar-refractivity contribution in [3.8, 4) is 11.5 Å². The minimum absolute atomic E-state index is 0.0237. The maximum atomic E-state index is 13.8. The van der Waals surface area contributed by atoms with E-state index in [-0.39, 0.29) is 18.3 Å². The minimum atomic E-state index is -0.678. The summed E-state index contributed by atoms with van der Waals surface area (Å²) >= 11 is 4.78. The molecule has 0 aliphatic carbocycles. The molecule has 1 aromatic heterocycles. The van der Waals surface area contributed by atoms with Crippen LogP contribution in [0, 0.1) is 0 Å².